The number of hydrogen-bond donors (Lipinski definition) is 0. The van der Waals surface area contributed by atoms with Gasteiger partial charge in [-0.05, 0) is 29.7 Å². The highest BCUT2D eigenvalue weighted by atomic mass is 16.6. The summed E-state index contributed by atoms with van der Waals surface area (Å²) in [6, 6.07) is 14.3. The van der Waals surface area contributed by atoms with Crippen LogP contribution in [-0.4, -0.2) is 4.92 Å². The molecule has 4 heteroatoms. The summed E-state index contributed by atoms with van der Waals surface area (Å²) >= 11 is 0. The van der Waals surface area contributed by atoms with Crippen LogP contribution in [0.4, 0.5) is 5.69 Å². The number of aryl methyl sites for hydroxylation is 1. The second kappa shape index (κ2) is 6.00. The normalized spacial score (nSPS) is 10.2. The smallest absolute Gasteiger partial charge is 0.269 e. The Labute approximate surface area is 111 Å². The van der Waals surface area contributed by atoms with Crippen molar-refractivity contribution >= 4 is 5.69 Å². The molecule has 0 saturated heterocycles. The van der Waals surface area contributed by atoms with Crippen molar-refractivity contribution in [1.29, 1.82) is 0 Å². The van der Waals surface area contributed by atoms with Crippen LogP contribution in [0.25, 0.3) is 0 Å². The number of nitrogens with zero attached hydrogens (tertiary/aromatic N) is 1. The molecule has 0 amide bonds. The number of nitro benzene ring substituents is 1. The Morgan fingerprint density at radius 3 is 2.58 bits per heavy atom. The quantitative estimate of drug-likeness (QED) is 0.605. The third-order valence-electron chi connectivity index (χ3n) is 2.83. The molecule has 2 rings (SSSR count). The topological polar surface area (TPSA) is 52.4 Å². The lowest BCUT2D eigenvalue weighted by molar-refractivity contribution is -0.384. The molecule has 0 aliphatic rings. The third-order valence-corrected chi connectivity index (χ3v) is 2.83. The molecule has 0 aromatic heterocycles. The lowest BCUT2D eigenvalue weighted by Crippen LogP contribution is -1.97. The van der Waals surface area contributed by atoms with E-state index in [2.05, 4.69) is 6.92 Å². The number of hydrogen-bond acceptors (Lipinski definition) is 3. The maximum absolute atomic E-state index is 10.7. The standard InChI is InChI=1S/C15H15NO3/c1-2-12-5-4-8-15(10-12)19-11-13-6-3-7-14(9-13)16(17)18/h3-10H,2,11H2,1H3. The molecule has 0 aliphatic carbocycles. The Kier molecular flexibility index (Phi) is 4.13. The van der Waals surface area contributed by atoms with Gasteiger partial charge < -0.3 is 4.74 Å². The van der Waals surface area contributed by atoms with Gasteiger partial charge in [0.1, 0.15) is 12.4 Å². The first-order valence-electron chi connectivity index (χ1n) is 6.14. The Hall–Kier alpha value is -2.36. The Morgan fingerprint density at radius 1 is 1.11 bits per heavy atom. The zero-order valence-corrected chi connectivity index (χ0v) is 10.7. The van der Waals surface area contributed by atoms with Crippen LogP contribution in [-0.2, 0) is 13.0 Å². The van der Waals surface area contributed by atoms with E-state index in [-0.39, 0.29) is 5.69 Å². The molecule has 0 radical (unpaired) electrons. The van der Waals surface area contributed by atoms with Crippen molar-refractivity contribution < 1.29 is 9.66 Å². The highest BCUT2D eigenvalue weighted by molar-refractivity contribution is 5.34. The van der Waals surface area contributed by atoms with Crippen molar-refractivity contribution in [3.05, 3.63) is 69.8 Å². The maximum atomic E-state index is 10.7. The Morgan fingerprint density at radius 2 is 1.84 bits per heavy atom. The predicted octanol–water partition coefficient (Wildman–Crippen LogP) is 3.74. The highest BCUT2D eigenvalue weighted by Crippen LogP contribution is 2.17. The maximum Gasteiger partial charge on any atom is 0.269 e. The van der Waals surface area contributed by atoms with Gasteiger partial charge in [0.05, 0.1) is 4.92 Å². The minimum atomic E-state index is -0.402. The first kappa shape index (κ1) is 13.1. The van der Waals surface area contributed by atoms with Gasteiger partial charge in [-0.15, -0.1) is 0 Å². The van der Waals surface area contributed by atoms with Crippen LogP contribution in [0, 0.1) is 10.1 Å². The third kappa shape index (κ3) is 3.55. The molecule has 4 nitrogen and oxygen atoms in total. The average Bonchev–Trinajstić information content (AvgIpc) is 2.45. The van der Waals surface area contributed by atoms with Crippen molar-refractivity contribution in [2.24, 2.45) is 0 Å². The summed E-state index contributed by atoms with van der Waals surface area (Å²) in [7, 11) is 0. The Bertz CT molecular complexity index is 581. The van der Waals surface area contributed by atoms with Crippen LogP contribution in [0.2, 0.25) is 0 Å². The van der Waals surface area contributed by atoms with Crippen LogP contribution in [0.3, 0.4) is 0 Å². The van der Waals surface area contributed by atoms with Gasteiger partial charge in [0.2, 0.25) is 0 Å². The largest absolute Gasteiger partial charge is 0.489 e. The molecule has 0 saturated carbocycles. The van der Waals surface area contributed by atoms with Gasteiger partial charge in [0.15, 0.2) is 0 Å². The van der Waals surface area contributed by atoms with Crippen LogP contribution in [0.5, 0.6) is 5.75 Å². The summed E-state index contributed by atoms with van der Waals surface area (Å²) in [5, 5.41) is 10.7. The van der Waals surface area contributed by atoms with Crippen LogP contribution in [0.15, 0.2) is 48.5 Å². The molecule has 98 valence electrons. The second-order valence-corrected chi connectivity index (χ2v) is 4.22. The molecule has 0 heterocycles. The summed E-state index contributed by atoms with van der Waals surface area (Å²) < 4.78 is 5.65. The number of benzene rings is 2. The zero-order valence-electron chi connectivity index (χ0n) is 10.7. The van der Waals surface area contributed by atoms with Gasteiger partial charge in [0.25, 0.3) is 5.69 Å². The molecule has 2 aromatic rings. The molecule has 0 fully saturated rings. The van der Waals surface area contributed by atoms with E-state index in [9.17, 15) is 10.1 Å². The van der Waals surface area contributed by atoms with Gasteiger partial charge in [0, 0.05) is 12.1 Å². The molecule has 0 spiro atoms. The molecule has 0 N–H and O–H groups in total. The minimum absolute atomic E-state index is 0.0865. The highest BCUT2D eigenvalue weighted by Gasteiger charge is 2.06. The van der Waals surface area contributed by atoms with Crippen molar-refractivity contribution in [2.45, 2.75) is 20.0 Å². The van der Waals surface area contributed by atoms with Crippen LogP contribution < -0.4 is 4.74 Å². The van der Waals surface area contributed by atoms with Crippen molar-refractivity contribution in [2.75, 3.05) is 0 Å². The fraction of sp³-hybridized carbons (Fsp3) is 0.200. The lowest BCUT2D eigenvalue weighted by atomic mass is 10.1. The van der Waals surface area contributed by atoms with Crippen LogP contribution >= 0.6 is 0 Å². The molecule has 0 bridgehead atoms. The molecule has 0 aliphatic heterocycles. The molecule has 19 heavy (non-hydrogen) atoms. The molecule has 0 unspecified atom stereocenters. The predicted molar refractivity (Wildman–Crippen MR) is 73.2 cm³/mol. The summed E-state index contributed by atoms with van der Waals surface area (Å²) in [4.78, 5) is 10.3. The molecular formula is C15H15NO3. The van der Waals surface area contributed by atoms with E-state index in [0.717, 1.165) is 17.7 Å². The van der Waals surface area contributed by atoms with E-state index in [1.807, 2.05) is 30.3 Å². The molecule has 2 aromatic carbocycles. The SMILES string of the molecule is CCc1cccc(OCc2cccc([N+](=O)[O-])c2)c1. The fourth-order valence-electron chi connectivity index (χ4n) is 1.78. The fourth-order valence-corrected chi connectivity index (χ4v) is 1.78. The Balaban J connectivity index is 2.05. The second-order valence-electron chi connectivity index (χ2n) is 4.22. The lowest BCUT2D eigenvalue weighted by Gasteiger charge is -2.07. The van der Waals surface area contributed by atoms with Crippen molar-refractivity contribution in [1.82, 2.24) is 0 Å². The monoisotopic (exact) mass is 257 g/mol. The molecule has 0 atom stereocenters. The van der Waals surface area contributed by atoms with E-state index >= 15 is 0 Å². The molecular weight excluding hydrogens is 242 g/mol. The van der Waals surface area contributed by atoms with E-state index in [1.165, 1.54) is 17.7 Å². The number of non-ortho nitro benzene ring substituents is 1. The van der Waals surface area contributed by atoms with Gasteiger partial charge >= 0.3 is 0 Å². The zero-order chi connectivity index (χ0) is 13.7. The summed E-state index contributed by atoms with van der Waals surface area (Å²) in [6.07, 6.45) is 0.952. The summed E-state index contributed by atoms with van der Waals surface area (Å²) in [5.41, 5.74) is 2.08. The minimum Gasteiger partial charge on any atom is -0.489 e. The van der Waals surface area contributed by atoms with E-state index in [0.29, 0.717) is 6.61 Å². The van der Waals surface area contributed by atoms with Gasteiger partial charge in [-0.2, -0.15) is 0 Å². The first-order chi connectivity index (χ1) is 9.19. The van der Waals surface area contributed by atoms with Gasteiger partial charge in [-0.25, -0.2) is 0 Å². The van der Waals surface area contributed by atoms with E-state index in [1.54, 1.807) is 6.07 Å². The van der Waals surface area contributed by atoms with Crippen molar-refractivity contribution in [3.8, 4) is 5.75 Å². The number of nitro groups is 1. The van der Waals surface area contributed by atoms with Crippen molar-refractivity contribution in [3.63, 3.8) is 0 Å². The number of rotatable bonds is 5. The average molecular weight is 257 g/mol. The number of ether oxygens (including phenoxy) is 1. The summed E-state index contributed by atoms with van der Waals surface area (Å²) in [6.45, 7) is 2.41. The van der Waals surface area contributed by atoms with E-state index in [4.69, 9.17) is 4.74 Å². The van der Waals surface area contributed by atoms with Crippen LogP contribution in [0.1, 0.15) is 18.1 Å². The first-order valence-corrected chi connectivity index (χ1v) is 6.14. The summed E-state index contributed by atoms with van der Waals surface area (Å²) in [5.74, 6) is 0.783. The van der Waals surface area contributed by atoms with Gasteiger partial charge in [-0.3, -0.25) is 10.1 Å². The van der Waals surface area contributed by atoms with Gasteiger partial charge in [-0.1, -0.05) is 31.2 Å². The van der Waals surface area contributed by atoms with E-state index < -0.39 is 4.92 Å².